The van der Waals surface area contributed by atoms with Crippen molar-refractivity contribution in [2.24, 2.45) is 0 Å². The van der Waals surface area contributed by atoms with E-state index in [1.54, 1.807) is 36.4 Å². The van der Waals surface area contributed by atoms with E-state index in [9.17, 15) is 18.0 Å². The number of halogens is 1. The van der Waals surface area contributed by atoms with Crippen molar-refractivity contribution in [2.75, 3.05) is 24.5 Å². The minimum atomic E-state index is -4.18. The van der Waals surface area contributed by atoms with Gasteiger partial charge in [-0.1, -0.05) is 62.2 Å². The standard InChI is InChI=1S/C30H36ClN3O5S/c1-4-6-20-32-30(36)28(5-2)33(21-23-10-8-7-9-11-23)29(35)22-34(25-14-12-24(31)13-15-25)40(37,38)27-18-16-26(39-3)17-19-27/h7-19,28H,4-6,20-22H2,1-3H3,(H,32,36)/t28-/m1/s1. The number of nitrogens with one attached hydrogen (secondary N) is 1. The highest BCUT2D eigenvalue weighted by Gasteiger charge is 2.33. The van der Waals surface area contributed by atoms with E-state index in [0.29, 0.717) is 23.7 Å². The van der Waals surface area contributed by atoms with Crippen LogP contribution in [0.1, 0.15) is 38.7 Å². The van der Waals surface area contributed by atoms with Gasteiger partial charge in [0.1, 0.15) is 18.3 Å². The Morgan fingerprint density at radius 2 is 1.60 bits per heavy atom. The van der Waals surface area contributed by atoms with Crippen LogP contribution >= 0.6 is 11.6 Å². The van der Waals surface area contributed by atoms with E-state index in [-0.39, 0.29) is 23.0 Å². The number of carbonyl (C=O) groups excluding carboxylic acids is 2. The SMILES string of the molecule is CCCCNC(=O)[C@@H](CC)N(Cc1ccccc1)C(=O)CN(c1ccc(Cl)cc1)S(=O)(=O)c1ccc(OC)cc1. The lowest BCUT2D eigenvalue weighted by Crippen LogP contribution is -2.52. The molecular formula is C30H36ClN3O5S. The molecule has 40 heavy (non-hydrogen) atoms. The van der Waals surface area contributed by atoms with E-state index in [4.69, 9.17) is 16.3 Å². The first-order valence-electron chi connectivity index (χ1n) is 13.2. The predicted molar refractivity (Wildman–Crippen MR) is 158 cm³/mol. The number of ether oxygens (including phenoxy) is 1. The van der Waals surface area contributed by atoms with Crippen LogP contribution in [0.3, 0.4) is 0 Å². The van der Waals surface area contributed by atoms with E-state index < -0.39 is 28.5 Å². The van der Waals surface area contributed by atoms with E-state index >= 15 is 0 Å². The van der Waals surface area contributed by atoms with E-state index in [2.05, 4.69) is 5.32 Å². The Kier molecular flexibility index (Phi) is 11.4. The molecule has 2 amide bonds. The Morgan fingerprint density at radius 1 is 0.950 bits per heavy atom. The summed E-state index contributed by atoms with van der Waals surface area (Å²) in [5, 5.41) is 3.35. The maximum absolute atomic E-state index is 14.0. The normalized spacial score (nSPS) is 11.9. The molecule has 0 spiro atoms. The molecule has 1 atom stereocenters. The van der Waals surface area contributed by atoms with Crippen LogP contribution in [0.2, 0.25) is 5.02 Å². The van der Waals surface area contributed by atoms with Crippen molar-refractivity contribution in [1.82, 2.24) is 10.2 Å². The molecule has 3 rings (SSSR count). The lowest BCUT2D eigenvalue weighted by Gasteiger charge is -2.33. The summed E-state index contributed by atoms with van der Waals surface area (Å²) in [4.78, 5) is 28.7. The number of anilines is 1. The van der Waals surface area contributed by atoms with Crippen LogP contribution in [0.4, 0.5) is 5.69 Å². The Labute approximate surface area is 241 Å². The van der Waals surface area contributed by atoms with Crippen molar-refractivity contribution in [3.8, 4) is 5.75 Å². The molecule has 0 aliphatic carbocycles. The molecule has 0 fully saturated rings. The third-order valence-corrected chi connectivity index (χ3v) is 8.49. The molecule has 0 aliphatic rings. The van der Waals surface area contributed by atoms with Gasteiger partial charge in [0.25, 0.3) is 10.0 Å². The first-order valence-corrected chi connectivity index (χ1v) is 15.1. The lowest BCUT2D eigenvalue weighted by molar-refractivity contribution is -0.140. The molecular weight excluding hydrogens is 550 g/mol. The molecule has 8 nitrogen and oxygen atoms in total. The molecule has 10 heteroatoms. The number of nitrogens with zero attached hydrogens (tertiary/aromatic N) is 2. The summed E-state index contributed by atoms with van der Waals surface area (Å²) in [6.45, 7) is 4.00. The van der Waals surface area contributed by atoms with Gasteiger partial charge in [-0.2, -0.15) is 0 Å². The number of carbonyl (C=O) groups is 2. The maximum Gasteiger partial charge on any atom is 0.264 e. The number of methoxy groups -OCH3 is 1. The molecule has 0 aromatic heterocycles. The number of unbranched alkanes of at least 4 members (excludes halogenated alkanes) is 1. The van der Waals surface area contributed by atoms with Crippen LogP contribution in [-0.4, -0.2) is 51.4 Å². The minimum Gasteiger partial charge on any atom is -0.497 e. The summed E-state index contributed by atoms with van der Waals surface area (Å²) in [6.07, 6.45) is 2.10. The molecule has 0 saturated carbocycles. The Morgan fingerprint density at radius 3 is 2.17 bits per heavy atom. The second-order valence-electron chi connectivity index (χ2n) is 9.24. The van der Waals surface area contributed by atoms with Gasteiger partial charge in [0.05, 0.1) is 17.7 Å². The smallest absolute Gasteiger partial charge is 0.264 e. The second kappa shape index (κ2) is 14.7. The highest BCUT2D eigenvalue weighted by molar-refractivity contribution is 7.92. The number of benzene rings is 3. The Balaban J connectivity index is 2.01. The van der Waals surface area contributed by atoms with Gasteiger partial charge in [0.2, 0.25) is 11.8 Å². The monoisotopic (exact) mass is 585 g/mol. The van der Waals surface area contributed by atoms with Crippen molar-refractivity contribution < 1.29 is 22.7 Å². The van der Waals surface area contributed by atoms with Gasteiger partial charge in [-0.15, -0.1) is 0 Å². The fourth-order valence-corrected chi connectivity index (χ4v) is 5.76. The number of hydrogen-bond donors (Lipinski definition) is 1. The molecule has 0 bridgehead atoms. The minimum absolute atomic E-state index is 0.00462. The van der Waals surface area contributed by atoms with Crippen LogP contribution < -0.4 is 14.4 Å². The fourth-order valence-electron chi connectivity index (χ4n) is 4.22. The highest BCUT2D eigenvalue weighted by Crippen LogP contribution is 2.27. The lowest BCUT2D eigenvalue weighted by atomic mass is 10.1. The first kappa shape index (κ1) is 31.0. The van der Waals surface area contributed by atoms with Crippen molar-refractivity contribution in [1.29, 1.82) is 0 Å². The molecule has 3 aromatic carbocycles. The van der Waals surface area contributed by atoms with E-state index in [0.717, 1.165) is 22.7 Å². The molecule has 1 N–H and O–H groups in total. The average molecular weight is 586 g/mol. The first-order chi connectivity index (χ1) is 19.2. The van der Waals surface area contributed by atoms with Gasteiger partial charge >= 0.3 is 0 Å². The molecule has 3 aromatic rings. The van der Waals surface area contributed by atoms with Crippen LogP contribution in [0.25, 0.3) is 0 Å². The fraction of sp³-hybridized carbons (Fsp3) is 0.333. The molecule has 0 heterocycles. The molecule has 0 unspecified atom stereocenters. The quantitative estimate of drug-likeness (QED) is 0.260. The van der Waals surface area contributed by atoms with E-state index in [1.807, 2.05) is 44.2 Å². The zero-order valence-corrected chi connectivity index (χ0v) is 24.6. The van der Waals surface area contributed by atoms with Gasteiger partial charge < -0.3 is 15.0 Å². The summed E-state index contributed by atoms with van der Waals surface area (Å²) in [5.41, 5.74) is 1.10. The van der Waals surface area contributed by atoms with Gasteiger partial charge in [0.15, 0.2) is 0 Å². The zero-order valence-electron chi connectivity index (χ0n) is 23.0. The summed E-state index contributed by atoms with van der Waals surface area (Å²) < 4.78 is 34.0. The number of sulfonamides is 1. The zero-order chi connectivity index (χ0) is 29.1. The van der Waals surface area contributed by atoms with Crippen molar-refractivity contribution in [3.63, 3.8) is 0 Å². The van der Waals surface area contributed by atoms with Gasteiger partial charge in [-0.25, -0.2) is 8.42 Å². The third-order valence-electron chi connectivity index (χ3n) is 6.45. The molecule has 0 saturated heterocycles. The Bertz CT molecular complexity index is 1350. The predicted octanol–water partition coefficient (Wildman–Crippen LogP) is 5.27. The van der Waals surface area contributed by atoms with Crippen LogP contribution in [0.15, 0.2) is 83.8 Å². The van der Waals surface area contributed by atoms with Gasteiger partial charge in [0, 0.05) is 18.1 Å². The average Bonchev–Trinajstić information content (AvgIpc) is 2.97. The summed E-state index contributed by atoms with van der Waals surface area (Å²) in [7, 11) is -2.68. The van der Waals surface area contributed by atoms with Gasteiger partial charge in [-0.3, -0.25) is 13.9 Å². The summed E-state index contributed by atoms with van der Waals surface area (Å²) in [5.74, 6) is -0.272. The van der Waals surface area contributed by atoms with Crippen molar-refractivity contribution in [3.05, 3.63) is 89.4 Å². The highest BCUT2D eigenvalue weighted by atomic mass is 35.5. The number of amides is 2. The summed E-state index contributed by atoms with van der Waals surface area (Å²) in [6, 6.07) is 20.7. The largest absolute Gasteiger partial charge is 0.497 e. The second-order valence-corrected chi connectivity index (χ2v) is 11.5. The molecule has 0 radical (unpaired) electrons. The van der Waals surface area contributed by atoms with Crippen LogP contribution in [0.5, 0.6) is 5.75 Å². The maximum atomic E-state index is 14.0. The Hall–Kier alpha value is -3.56. The van der Waals surface area contributed by atoms with E-state index in [1.165, 1.54) is 24.1 Å². The molecule has 214 valence electrons. The number of hydrogen-bond acceptors (Lipinski definition) is 5. The summed E-state index contributed by atoms with van der Waals surface area (Å²) >= 11 is 6.07. The van der Waals surface area contributed by atoms with Crippen molar-refractivity contribution in [2.45, 2.75) is 50.6 Å². The molecule has 0 aliphatic heterocycles. The van der Waals surface area contributed by atoms with Gasteiger partial charge in [-0.05, 0) is 66.9 Å². The van der Waals surface area contributed by atoms with Crippen LogP contribution in [-0.2, 0) is 26.2 Å². The van der Waals surface area contributed by atoms with Crippen LogP contribution in [0, 0.1) is 0 Å². The topological polar surface area (TPSA) is 96.0 Å². The van der Waals surface area contributed by atoms with Crippen molar-refractivity contribution >= 4 is 39.1 Å². The number of rotatable bonds is 14. The third kappa shape index (κ3) is 7.99.